The predicted molar refractivity (Wildman–Crippen MR) is 143 cm³/mol. The molecular formula is C23H30ClN3O5S3. The number of para-hydroxylation sites is 1. The number of carbonyl (C=O) groups is 1. The summed E-state index contributed by atoms with van der Waals surface area (Å²) in [5.41, 5.74) is 0.322. The van der Waals surface area contributed by atoms with Gasteiger partial charge in [0, 0.05) is 25.8 Å². The number of halogens is 1. The summed E-state index contributed by atoms with van der Waals surface area (Å²) >= 11 is 1.22. The minimum atomic E-state index is -3.62. The average Bonchev–Trinajstić information content (AvgIpc) is 3.24. The fourth-order valence-corrected chi connectivity index (χ4v) is 6.72. The van der Waals surface area contributed by atoms with Gasteiger partial charge in [0.1, 0.15) is 5.52 Å². The van der Waals surface area contributed by atoms with Gasteiger partial charge in [0.2, 0.25) is 5.91 Å². The fraction of sp³-hybridized carbons (Fsp3) is 0.391. The standard InChI is InChI=1S/C23H29N3O5S3.ClH/c1-4-25(5-2)15-16-26(21(27)14-17-34(30,31)18-10-7-6-8-11-18)23-24-22-19(32-23)12-9-13-20(22)33(3,28)29;/h6-13H,4-5,14-17H2,1-3H3;1H. The Bertz CT molecular complexity index is 1360. The van der Waals surface area contributed by atoms with Crippen LogP contribution in [0.2, 0.25) is 0 Å². The highest BCUT2D eigenvalue weighted by molar-refractivity contribution is 7.91. The Morgan fingerprint density at radius 1 is 0.943 bits per heavy atom. The van der Waals surface area contributed by atoms with Crippen LogP contribution in [0.15, 0.2) is 58.3 Å². The zero-order valence-electron chi connectivity index (χ0n) is 19.9. The largest absolute Gasteiger partial charge is 0.302 e. The molecule has 0 fully saturated rings. The van der Waals surface area contributed by atoms with E-state index in [2.05, 4.69) is 9.88 Å². The normalized spacial score (nSPS) is 12.0. The molecule has 2 aromatic carbocycles. The van der Waals surface area contributed by atoms with Gasteiger partial charge in [-0.1, -0.05) is 49.4 Å². The lowest BCUT2D eigenvalue weighted by Crippen LogP contribution is -2.39. The van der Waals surface area contributed by atoms with Crippen molar-refractivity contribution in [2.24, 2.45) is 0 Å². The maximum atomic E-state index is 13.3. The molecule has 12 heteroatoms. The summed E-state index contributed by atoms with van der Waals surface area (Å²) in [6.45, 7) is 6.56. The first-order chi connectivity index (χ1) is 16.1. The lowest BCUT2D eigenvalue weighted by molar-refractivity contribution is -0.118. The van der Waals surface area contributed by atoms with Crippen molar-refractivity contribution in [3.8, 4) is 0 Å². The van der Waals surface area contributed by atoms with E-state index in [-0.39, 0.29) is 40.3 Å². The van der Waals surface area contributed by atoms with Crippen molar-refractivity contribution in [3.63, 3.8) is 0 Å². The summed E-state index contributed by atoms with van der Waals surface area (Å²) in [5, 5.41) is 0.361. The number of fused-ring (bicyclic) bond motifs is 1. The average molecular weight is 560 g/mol. The van der Waals surface area contributed by atoms with Crippen molar-refractivity contribution in [1.29, 1.82) is 0 Å². The number of aromatic nitrogens is 1. The molecule has 1 heterocycles. The number of sulfone groups is 2. The Morgan fingerprint density at radius 3 is 2.20 bits per heavy atom. The number of anilines is 1. The van der Waals surface area contributed by atoms with E-state index in [4.69, 9.17) is 0 Å². The van der Waals surface area contributed by atoms with Crippen LogP contribution in [-0.4, -0.2) is 70.8 Å². The highest BCUT2D eigenvalue weighted by Gasteiger charge is 2.25. The number of amides is 1. The molecule has 1 aromatic heterocycles. The van der Waals surface area contributed by atoms with Crippen LogP contribution in [0.3, 0.4) is 0 Å². The summed E-state index contributed by atoms with van der Waals surface area (Å²) < 4.78 is 50.5. The van der Waals surface area contributed by atoms with E-state index in [9.17, 15) is 21.6 Å². The highest BCUT2D eigenvalue weighted by Crippen LogP contribution is 2.33. The van der Waals surface area contributed by atoms with Crippen LogP contribution >= 0.6 is 23.7 Å². The van der Waals surface area contributed by atoms with Gasteiger partial charge in [-0.05, 0) is 37.4 Å². The minimum Gasteiger partial charge on any atom is -0.302 e. The van der Waals surface area contributed by atoms with Crippen molar-refractivity contribution >= 4 is 64.7 Å². The van der Waals surface area contributed by atoms with Crippen LogP contribution < -0.4 is 4.90 Å². The monoisotopic (exact) mass is 559 g/mol. The van der Waals surface area contributed by atoms with Crippen molar-refractivity contribution in [1.82, 2.24) is 9.88 Å². The zero-order valence-corrected chi connectivity index (χ0v) is 23.1. The number of nitrogens with zero attached hydrogens (tertiary/aromatic N) is 3. The second-order valence-corrected chi connectivity index (χ2v) is 12.9. The molecule has 0 aliphatic rings. The van der Waals surface area contributed by atoms with Gasteiger partial charge in [-0.25, -0.2) is 21.8 Å². The van der Waals surface area contributed by atoms with Crippen LogP contribution in [-0.2, 0) is 24.5 Å². The Kier molecular flexibility index (Phi) is 10.2. The minimum absolute atomic E-state index is 0. The maximum Gasteiger partial charge on any atom is 0.229 e. The van der Waals surface area contributed by atoms with Crippen LogP contribution in [0, 0.1) is 0 Å². The van der Waals surface area contributed by atoms with Gasteiger partial charge in [0.05, 0.1) is 20.2 Å². The van der Waals surface area contributed by atoms with Crippen molar-refractivity contribution in [2.75, 3.05) is 43.1 Å². The Labute approximate surface area is 217 Å². The van der Waals surface area contributed by atoms with Crippen LogP contribution in [0.5, 0.6) is 0 Å². The SMILES string of the molecule is CCN(CC)CCN(C(=O)CCS(=O)(=O)c1ccccc1)c1nc2c(S(C)(=O)=O)cccc2s1.Cl. The van der Waals surface area contributed by atoms with E-state index >= 15 is 0 Å². The molecular weight excluding hydrogens is 530 g/mol. The number of thiazole rings is 1. The van der Waals surface area contributed by atoms with E-state index in [1.807, 2.05) is 13.8 Å². The molecule has 8 nitrogen and oxygen atoms in total. The number of likely N-dealkylation sites (N-methyl/N-ethyl adjacent to an activating group) is 1. The molecule has 0 aliphatic heterocycles. The highest BCUT2D eigenvalue weighted by atomic mass is 35.5. The second kappa shape index (κ2) is 12.3. The molecule has 0 unspecified atom stereocenters. The lowest BCUT2D eigenvalue weighted by Gasteiger charge is -2.24. The third kappa shape index (κ3) is 7.23. The van der Waals surface area contributed by atoms with Crippen molar-refractivity contribution in [2.45, 2.75) is 30.1 Å². The van der Waals surface area contributed by atoms with Gasteiger partial charge >= 0.3 is 0 Å². The topological polar surface area (TPSA) is 105 Å². The molecule has 3 aromatic rings. The summed E-state index contributed by atoms with van der Waals surface area (Å²) in [5.74, 6) is -0.691. The first kappa shape index (κ1) is 29.2. The molecule has 0 N–H and O–H groups in total. The smallest absolute Gasteiger partial charge is 0.229 e. The number of hydrogen-bond donors (Lipinski definition) is 0. The molecule has 0 spiro atoms. The van der Waals surface area contributed by atoms with E-state index in [1.54, 1.807) is 30.3 Å². The number of benzene rings is 2. The Hall–Kier alpha value is -2.05. The van der Waals surface area contributed by atoms with E-state index in [0.29, 0.717) is 28.4 Å². The van der Waals surface area contributed by atoms with Crippen LogP contribution in [0.25, 0.3) is 10.2 Å². The summed E-state index contributed by atoms with van der Waals surface area (Å²) in [6.07, 6.45) is 0.920. The summed E-state index contributed by atoms with van der Waals surface area (Å²) in [6, 6.07) is 13.0. The molecule has 0 radical (unpaired) electrons. The van der Waals surface area contributed by atoms with Crippen LogP contribution in [0.4, 0.5) is 5.13 Å². The molecule has 0 aliphatic carbocycles. The third-order valence-electron chi connectivity index (χ3n) is 5.52. The van der Waals surface area contributed by atoms with Gasteiger partial charge in [-0.2, -0.15) is 0 Å². The van der Waals surface area contributed by atoms with Gasteiger partial charge in [-0.3, -0.25) is 9.69 Å². The molecule has 35 heavy (non-hydrogen) atoms. The molecule has 3 rings (SSSR count). The maximum absolute atomic E-state index is 13.3. The molecule has 0 saturated carbocycles. The van der Waals surface area contributed by atoms with Crippen molar-refractivity contribution < 1.29 is 21.6 Å². The zero-order chi connectivity index (χ0) is 24.9. The Morgan fingerprint density at radius 2 is 1.60 bits per heavy atom. The van der Waals surface area contributed by atoms with Crippen LogP contribution in [0.1, 0.15) is 20.3 Å². The molecule has 0 atom stereocenters. The lowest BCUT2D eigenvalue weighted by atomic mass is 10.3. The van der Waals surface area contributed by atoms with Gasteiger partial charge in [-0.15, -0.1) is 12.4 Å². The number of carbonyl (C=O) groups excluding carboxylic acids is 1. The molecule has 0 saturated heterocycles. The van der Waals surface area contributed by atoms with Gasteiger partial charge in [0.15, 0.2) is 24.8 Å². The van der Waals surface area contributed by atoms with E-state index < -0.39 is 19.7 Å². The number of rotatable bonds is 11. The van der Waals surface area contributed by atoms with Gasteiger partial charge < -0.3 is 4.90 Å². The quantitative estimate of drug-likeness (QED) is 0.353. The Balaban J connectivity index is 0.00000432. The fourth-order valence-electron chi connectivity index (χ4n) is 3.54. The number of hydrogen-bond acceptors (Lipinski definition) is 8. The van der Waals surface area contributed by atoms with Gasteiger partial charge in [0.25, 0.3) is 0 Å². The third-order valence-corrected chi connectivity index (χ3v) is 9.43. The first-order valence-electron chi connectivity index (χ1n) is 11.0. The molecule has 192 valence electrons. The summed E-state index contributed by atoms with van der Waals surface area (Å²) in [7, 11) is -7.12. The molecule has 1 amide bonds. The molecule has 0 bridgehead atoms. The van der Waals surface area contributed by atoms with Crippen molar-refractivity contribution in [3.05, 3.63) is 48.5 Å². The van der Waals surface area contributed by atoms with E-state index in [1.165, 1.54) is 34.4 Å². The first-order valence-corrected chi connectivity index (χ1v) is 15.3. The second-order valence-electron chi connectivity index (χ2n) is 7.83. The predicted octanol–water partition coefficient (Wildman–Crippen LogP) is 3.66. The summed E-state index contributed by atoms with van der Waals surface area (Å²) in [4.78, 5) is 21.7. The van der Waals surface area contributed by atoms with E-state index in [0.717, 1.165) is 19.3 Å².